The fraction of sp³-hybridized carbons (Fsp3) is 0.214. The molecule has 0 aromatic carbocycles. The molecule has 1 atom stereocenters. The van der Waals surface area contributed by atoms with Gasteiger partial charge in [-0.15, -0.1) is 13.2 Å². The van der Waals surface area contributed by atoms with E-state index in [0.29, 0.717) is 0 Å². The maximum absolute atomic E-state index is 12.6. The van der Waals surface area contributed by atoms with Gasteiger partial charge < -0.3 is 8.97 Å². The van der Waals surface area contributed by atoms with Crippen molar-refractivity contribution in [3.63, 3.8) is 0 Å². The third-order valence-electron chi connectivity index (χ3n) is 3.34. The van der Waals surface area contributed by atoms with E-state index >= 15 is 0 Å². The first-order valence-corrected chi connectivity index (χ1v) is 9.87. The molecule has 3 aromatic heterocycles. The van der Waals surface area contributed by atoms with Crippen LogP contribution in [0.3, 0.4) is 0 Å². The first-order chi connectivity index (χ1) is 12.1. The molecule has 0 aliphatic carbocycles. The van der Waals surface area contributed by atoms with Crippen LogP contribution in [0.1, 0.15) is 6.92 Å². The van der Waals surface area contributed by atoms with Gasteiger partial charge in [-0.1, -0.05) is 6.92 Å². The molecule has 0 bridgehead atoms. The molecule has 3 rings (SSSR count). The lowest BCUT2D eigenvalue weighted by atomic mass is 10.3. The van der Waals surface area contributed by atoms with Crippen LogP contribution in [0, 0.1) is 0 Å². The van der Waals surface area contributed by atoms with E-state index in [-0.39, 0.29) is 33.5 Å². The van der Waals surface area contributed by atoms with Gasteiger partial charge in [-0.3, -0.25) is 0 Å². The molecule has 0 aliphatic rings. The number of nitrogens with zero attached hydrogens (tertiary/aromatic N) is 3. The standard InChI is InChI=1S/C14H10F3N3O4S2/c1-2-26(22,23)10-4-3-5-18-11(10)13-20-9-6-8(7-19-12(9)24-13)25(21)14(15,16)17/h3-7H,2H2,1H3. The Morgan fingerprint density at radius 3 is 2.69 bits per heavy atom. The van der Waals surface area contributed by atoms with Crippen molar-refractivity contribution in [2.24, 2.45) is 0 Å². The first kappa shape index (κ1) is 18.6. The number of sulfone groups is 1. The van der Waals surface area contributed by atoms with Gasteiger partial charge in [-0.25, -0.2) is 23.4 Å². The molecular formula is C14H10F3N3O4S2. The van der Waals surface area contributed by atoms with Crippen LogP contribution in [-0.2, 0) is 21.0 Å². The lowest BCUT2D eigenvalue weighted by Gasteiger charge is -2.10. The minimum absolute atomic E-state index is 0.0779. The van der Waals surface area contributed by atoms with Gasteiger partial charge in [-0.2, -0.15) is 0 Å². The third-order valence-corrected chi connectivity index (χ3v) is 6.17. The molecule has 0 radical (unpaired) electrons. The van der Waals surface area contributed by atoms with E-state index in [2.05, 4.69) is 15.0 Å². The predicted molar refractivity (Wildman–Crippen MR) is 85.2 cm³/mol. The summed E-state index contributed by atoms with van der Waals surface area (Å²) in [5.74, 6) is -0.395. The maximum atomic E-state index is 12.6. The van der Waals surface area contributed by atoms with Gasteiger partial charge in [0.25, 0.3) is 0 Å². The normalized spacial score (nSPS) is 13.9. The van der Waals surface area contributed by atoms with Crippen LogP contribution in [0.5, 0.6) is 0 Å². The van der Waals surface area contributed by atoms with Crippen molar-refractivity contribution in [3.05, 3.63) is 30.6 Å². The third kappa shape index (κ3) is 3.39. The highest BCUT2D eigenvalue weighted by Gasteiger charge is 2.46. The van der Waals surface area contributed by atoms with Gasteiger partial charge in [0, 0.05) is 12.3 Å². The molecule has 0 saturated carbocycles. The summed E-state index contributed by atoms with van der Waals surface area (Å²) >= 11 is -3.27. The van der Waals surface area contributed by atoms with Crippen LogP contribution < -0.4 is 0 Å². The topological polar surface area (TPSA) is 109 Å². The molecule has 1 unspecified atom stereocenters. The second kappa shape index (κ2) is 6.52. The Kier molecular flexibility index (Phi) is 4.67. The largest absolute Gasteiger partial charge is 0.604 e. The Hall–Kier alpha value is -2.18. The number of hydrogen-bond donors (Lipinski definition) is 0. The van der Waals surface area contributed by atoms with Crippen LogP contribution >= 0.6 is 0 Å². The summed E-state index contributed by atoms with van der Waals surface area (Å²) in [5.41, 5.74) is -5.24. The van der Waals surface area contributed by atoms with E-state index in [9.17, 15) is 26.1 Å². The van der Waals surface area contributed by atoms with Gasteiger partial charge in [0.2, 0.25) is 11.6 Å². The fourth-order valence-electron chi connectivity index (χ4n) is 2.10. The Balaban J connectivity index is 2.12. The van der Waals surface area contributed by atoms with Crippen molar-refractivity contribution in [2.45, 2.75) is 22.2 Å². The molecule has 0 spiro atoms. The molecule has 0 amide bonds. The van der Waals surface area contributed by atoms with Gasteiger partial charge in [-0.05, 0) is 12.1 Å². The van der Waals surface area contributed by atoms with Crippen molar-refractivity contribution >= 4 is 32.2 Å². The predicted octanol–water partition coefficient (Wildman–Crippen LogP) is 2.71. The molecule has 0 aliphatic heterocycles. The first-order valence-electron chi connectivity index (χ1n) is 7.07. The minimum atomic E-state index is -4.94. The lowest BCUT2D eigenvalue weighted by molar-refractivity contribution is -0.0435. The maximum Gasteiger partial charge on any atom is 0.578 e. The van der Waals surface area contributed by atoms with Crippen molar-refractivity contribution in [1.29, 1.82) is 0 Å². The molecule has 0 saturated heterocycles. The van der Waals surface area contributed by atoms with E-state index in [0.717, 1.165) is 12.3 Å². The highest BCUT2D eigenvalue weighted by Crippen LogP contribution is 2.32. The van der Waals surface area contributed by atoms with E-state index in [1.165, 1.54) is 25.3 Å². The van der Waals surface area contributed by atoms with Gasteiger partial charge in [0.05, 0.1) is 16.8 Å². The summed E-state index contributed by atoms with van der Waals surface area (Å²) in [5, 5.41) is 0. The minimum Gasteiger partial charge on any atom is -0.604 e. The second-order valence-corrected chi connectivity index (χ2v) is 8.70. The molecule has 3 aromatic rings. The highest BCUT2D eigenvalue weighted by molar-refractivity contribution is 7.92. The Bertz CT molecular complexity index is 1070. The number of rotatable bonds is 4. The smallest absolute Gasteiger partial charge is 0.578 e. The quantitative estimate of drug-likeness (QED) is 0.614. The number of halogens is 3. The summed E-state index contributed by atoms with van der Waals surface area (Å²) in [7, 11) is -3.64. The number of alkyl halides is 3. The van der Waals surface area contributed by atoms with Crippen LogP contribution in [0.2, 0.25) is 0 Å². The Labute approximate surface area is 148 Å². The molecule has 138 valence electrons. The van der Waals surface area contributed by atoms with Crippen LogP contribution in [0.4, 0.5) is 13.2 Å². The second-order valence-electron chi connectivity index (χ2n) is 4.98. The van der Waals surface area contributed by atoms with E-state index < -0.39 is 31.4 Å². The van der Waals surface area contributed by atoms with Crippen LogP contribution in [0.15, 0.2) is 44.8 Å². The Morgan fingerprint density at radius 1 is 1.31 bits per heavy atom. The number of oxazole rings is 1. The summed E-state index contributed by atoms with van der Waals surface area (Å²) < 4.78 is 78.8. The average molecular weight is 405 g/mol. The van der Waals surface area contributed by atoms with Gasteiger partial charge >= 0.3 is 5.51 Å². The fourth-order valence-corrected chi connectivity index (χ4v) is 3.76. The zero-order chi connectivity index (χ0) is 19.1. The van der Waals surface area contributed by atoms with E-state index in [1.54, 1.807) is 0 Å². The lowest BCUT2D eigenvalue weighted by Crippen LogP contribution is -2.23. The summed E-state index contributed by atoms with van der Waals surface area (Å²) in [6, 6.07) is 3.68. The SMILES string of the molecule is CCS(=O)(=O)c1cccnc1-c1nc2cc([S+]([O-])C(F)(F)F)cnc2o1. The number of fused-ring (bicyclic) bond motifs is 1. The number of aromatic nitrogens is 3. The Morgan fingerprint density at radius 2 is 2.04 bits per heavy atom. The molecule has 3 heterocycles. The average Bonchev–Trinajstić information content (AvgIpc) is 3.03. The van der Waals surface area contributed by atoms with E-state index in [4.69, 9.17) is 4.42 Å². The number of pyridine rings is 2. The summed E-state index contributed by atoms with van der Waals surface area (Å²) in [6.45, 7) is 1.46. The van der Waals surface area contributed by atoms with Crippen LogP contribution in [0.25, 0.3) is 22.8 Å². The highest BCUT2D eigenvalue weighted by atomic mass is 32.2. The van der Waals surface area contributed by atoms with E-state index in [1.807, 2.05) is 0 Å². The van der Waals surface area contributed by atoms with Crippen molar-refractivity contribution in [1.82, 2.24) is 15.0 Å². The summed E-state index contributed by atoms with van der Waals surface area (Å²) in [4.78, 5) is 10.9. The zero-order valence-electron chi connectivity index (χ0n) is 13.0. The van der Waals surface area contributed by atoms with Crippen molar-refractivity contribution < 1.29 is 30.6 Å². The van der Waals surface area contributed by atoms with Crippen LogP contribution in [-0.4, -0.2) is 39.2 Å². The molecule has 0 N–H and O–H groups in total. The molecule has 12 heteroatoms. The molecule has 0 fully saturated rings. The number of hydrogen-bond acceptors (Lipinski definition) is 7. The zero-order valence-corrected chi connectivity index (χ0v) is 14.7. The summed E-state index contributed by atoms with van der Waals surface area (Å²) in [6.07, 6.45) is 2.10. The molecule has 26 heavy (non-hydrogen) atoms. The monoisotopic (exact) mass is 405 g/mol. The van der Waals surface area contributed by atoms with Gasteiger partial charge in [0.1, 0.15) is 22.4 Å². The van der Waals surface area contributed by atoms with Crippen molar-refractivity contribution in [3.8, 4) is 11.6 Å². The molecular weight excluding hydrogens is 395 g/mol. The van der Waals surface area contributed by atoms with Crippen molar-refractivity contribution in [2.75, 3.05) is 5.75 Å². The van der Waals surface area contributed by atoms with Gasteiger partial charge in [0.15, 0.2) is 14.7 Å². The molecule has 7 nitrogen and oxygen atoms in total.